The van der Waals surface area contributed by atoms with Crippen LogP contribution >= 0.6 is 0 Å². The first-order valence-electron chi connectivity index (χ1n) is 6.58. The predicted molar refractivity (Wildman–Crippen MR) is 72.1 cm³/mol. The molecule has 120 valence electrons. The molecule has 3 N–H and O–H groups in total. The molecule has 0 bridgehead atoms. The molecule has 0 aliphatic heterocycles. The molecule has 1 saturated carbocycles. The van der Waals surface area contributed by atoms with Crippen LogP contribution in [-0.4, -0.2) is 55.8 Å². The van der Waals surface area contributed by atoms with Gasteiger partial charge in [-0.15, -0.1) is 0 Å². The SMILES string of the molecule is COCC1CC(NS(=O)(=O)c2c(C)noc2C)C(O)C1O. The van der Waals surface area contributed by atoms with Crippen LogP contribution in [0.1, 0.15) is 17.9 Å². The fraction of sp³-hybridized carbons (Fsp3) is 0.750. The molecule has 1 aromatic rings. The lowest BCUT2D eigenvalue weighted by Crippen LogP contribution is -2.43. The monoisotopic (exact) mass is 320 g/mol. The van der Waals surface area contributed by atoms with Crippen molar-refractivity contribution in [1.29, 1.82) is 0 Å². The van der Waals surface area contributed by atoms with Gasteiger partial charge < -0.3 is 19.5 Å². The zero-order chi connectivity index (χ0) is 15.8. The molecule has 1 heterocycles. The van der Waals surface area contributed by atoms with Gasteiger partial charge in [-0.2, -0.15) is 0 Å². The van der Waals surface area contributed by atoms with Gasteiger partial charge in [0.2, 0.25) is 10.0 Å². The summed E-state index contributed by atoms with van der Waals surface area (Å²) in [6.07, 6.45) is -1.92. The lowest BCUT2D eigenvalue weighted by Gasteiger charge is -2.18. The first-order valence-corrected chi connectivity index (χ1v) is 8.06. The van der Waals surface area contributed by atoms with Crippen molar-refractivity contribution in [3.05, 3.63) is 11.5 Å². The van der Waals surface area contributed by atoms with E-state index < -0.39 is 28.3 Å². The Balaban J connectivity index is 2.18. The Morgan fingerprint density at radius 3 is 2.57 bits per heavy atom. The molecule has 0 amide bonds. The highest BCUT2D eigenvalue weighted by molar-refractivity contribution is 7.89. The van der Waals surface area contributed by atoms with Gasteiger partial charge in [0.25, 0.3) is 0 Å². The van der Waals surface area contributed by atoms with E-state index >= 15 is 0 Å². The molecule has 4 atom stereocenters. The lowest BCUT2D eigenvalue weighted by atomic mass is 10.1. The third-order valence-corrected chi connectivity index (χ3v) is 5.46. The summed E-state index contributed by atoms with van der Waals surface area (Å²) in [7, 11) is -2.39. The first-order chi connectivity index (χ1) is 9.77. The van der Waals surface area contributed by atoms with Crippen molar-refractivity contribution in [1.82, 2.24) is 9.88 Å². The third kappa shape index (κ3) is 3.11. The number of aromatic nitrogens is 1. The Hall–Kier alpha value is -1.00. The number of hydrogen-bond acceptors (Lipinski definition) is 7. The summed E-state index contributed by atoms with van der Waals surface area (Å²) in [6.45, 7) is 3.28. The molecule has 4 unspecified atom stereocenters. The highest BCUT2D eigenvalue weighted by atomic mass is 32.2. The average molecular weight is 320 g/mol. The Labute approximate surface area is 123 Å². The molecule has 0 spiro atoms. The summed E-state index contributed by atoms with van der Waals surface area (Å²) in [5.41, 5.74) is 0.251. The minimum atomic E-state index is -3.87. The van der Waals surface area contributed by atoms with Crippen LogP contribution < -0.4 is 4.72 Å². The van der Waals surface area contributed by atoms with E-state index in [0.717, 1.165) is 0 Å². The number of nitrogens with zero attached hydrogens (tertiary/aromatic N) is 1. The predicted octanol–water partition coefficient (Wildman–Crippen LogP) is -0.674. The Kier molecular flexibility index (Phi) is 4.69. The molecule has 21 heavy (non-hydrogen) atoms. The largest absolute Gasteiger partial charge is 0.390 e. The second kappa shape index (κ2) is 6.01. The van der Waals surface area contributed by atoms with Crippen molar-refractivity contribution in [2.24, 2.45) is 5.92 Å². The van der Waals surface area contributed by atoms with Crippen molar-refractivity contribution < 1.29 is 27.9 Å². The van der Waals surface area contributed by atoms with Crippen LogP contribution in [0.4, 0.5) is 0 Å². The van der Waals surface area contributed by atoms with Gasteiger partial charge in [0.1, 0.15) is 10.6 Å². The zero-order valence-corrected chi connectivity index (χ0v) is 12.9. The maximum absolute atomic E-state index is 12.4. The number of rotatable bonds is 5. The fourth-order valence-electron chi connectivity index (χ4n) is 2.74. The van der Waals surface area contributed by atoms with Crippen LogP contribution in [0.3, 0.4) is 0 Å². The second-order valence-electron chi connectivity index (χ2n) is 5.31. The van der Waals surface area contributed by atoms with Crippen molar-refractivity contribution in [2.45, 2.75) is 43.4 Å². The van der Waals surface area contributed by atoms with Crippen LogP contribution in [0.2, 0.25) is 0 Å². The van der Waals surface area contributed by atoms with Gasteiger partial charge in [-0.1, -0.05) is 5.16 Å². The number of sulfonamides is 1. The Morgan fingerprint density at radius 1 is 1.38 bits per heavy atom. The molecule has 1 aliphatic carbocycles. The summed E-state index contributed by atoms with van der Waals surface area (Å²) in [5.74, 6) is -0.135. The van der Waals surface area contributed by atoms with Gasteiger partial charge in [-0.05, 0) is 20.3 Å². The van der Waals surface area contributed by atoms with E-state index in [9.17, 15) is 18.6 Å². The van der Waals surface area contributed by atoms with Gasteiger partial charge >= 0.3 is 0 Å². The van der Waals surface area contributed by atoms with E-state index in [1.165, 1.54) is 21.0 Å². The van der Waals surface area contributed by atoms with E-state index in [0.29, 0.717) is 6.42 Å². The van der Waals surface area contributed by atoms with Crippen molar-refractivity contribution in [3.63, 3.8) is 0 Å². The van der Waals surface area contributed by atoms with E-state index in [1.807, 2.05) is 0 Å². The van der Waals surface area contributed by atoms with E-state index in [1.54, 1.807) is 0 Å². The summed E-state index contributed by atoms with van der Waals surface area (Å²) in [4.78, 5) is -0.0284. The fourth-order valence-corrected chi connectivity index (χ4v) is 4.33. The van der Waals surface area contributed by atoms with Crippen LogP contribution in [0, 0.1) is 19.8 Å². The third-order valence-electron chi connectivity index (χ3n) is 3.73. The van der Waals surface area contributed by atoms with Crippen LogP contribution in [-0.2, 0) is 14.8 Å². The topological polar surface area (TPSA) is 122 Å². The highest BCUT2D eigenvalue weighted by Crippen LogP contribution is 2.29. The molecule has 1 aromatic heterocycles. The number of hydrogen-bond donors (Lipinski definition) is 3. The van der Waals surface area contributed by atoms with Gasteiger partial charge in [0.15, 0.2) is 5.76 Å². The van der Waals surface area contributed by atoms with Gasteiger partial charge in [-0.3, -0.25) is 0 Å². The maximum Gasteiger partial charge on any atom is 0.246 e. The minimum Gasteiger partial charge on any atom is -0.390 e. The highest BCUT2D eigenvalue weighted by Gasteiger charge is 2.43. The number of aryl methyl sites for hydroxylation is 2. The van der Waals surface area contributed by atoms with Gasteiger partial charge in [0, 0.05) is 13.0 Å². The summed E-state index contributed by atoms with van der Waals surface area (Å²) in [5, 5.41) is 23.5. The molecule has 2 rings (SSSR count). The zero-order valence-electron chi connectivity index (χ0n) is 12.1. The van der Waals surface area contributed by atoms with Crippen molar-refractivity contribution in [2.75, 3.05) is 13.7 Å². The van der Waals surface area contributed by atoms with Crippen molar-refractivity contribution >= 4 is 10.0 Å². The number of methoxy groups -OCH3 is 1. The van der Waals surface area contributed by atoms with Crippen LogP contribution in [0.5, 0.6) is 0 Å². The molecule has 0 radical (unpaired) electrons. The smallest absolute Gasteiger partial charge is 0.246 e. The second-order valence-corrected chi connectivity index (χ2v) is 6.96. The van der Waals surface area contributed by atoms with Crippen LogP contribution in [0.15, 0.2) is 9.42 Å². The summed E-state index contributed by atoms with van der Waals surface area (Å²) in [6, 6.07) is -0.779. The lowest BCUT2D eigenvalue weighted by molar-refractivity contribution is -0.00425. The maximum atomic E-state index is 12.4. The number of aliphatic hydroxyl groups is 2. The first kappa shape index (κ1) is 16.4. The van der Waals surface area contributed by atoms with E-state index in [-0.39, 0.29) is 28.9 Å². The average Bonchev–Trinajstić information content (AvgIpc) is 2.86. The number of ether oxygens (including phenoxy) is 1. The Bertz CT molecular complexity index is 579. The minimum absolute atomic E-state index is 0.0284. The standard InChI is InChI=1S/C12H20N2O6S/c1-6-12(7(2)20-13-6)21(17,18)14-9-4-8(5-19-3)10(15)11(9)16/h8-11,14-16H,4-5H2,1-3H3. The quantitative estimate of drug-likeness (QED) is 0.657. The molecule has 1 fully saturated rings. The summed E-state index contributed by atoms with van der Waals surface area (Å²) >= 11 is 0. The molecule has 0 saturated heterocycles. The summed E-state index contributed by atoms with van der Waals surface area (Å²) < 4.78 is 37.0. The Morgan fingerprint density at radius 2 is 2.05 bits per heavy atom. The number of aliphatic hydroxyl groups excluding tert-OH is 2. The molecule has 8 nitrogen and oxygen atoms in total. The number of nitrogens with one attached hydrogen (secondary N) is 1. The molecular formula is C12H20N2O6S. The van der Waals surface area contributed by atoms with Crippen LogP contribution in [0.25, 0.3) is 0 Å². The van der Waals surface area contributed by atoms with E-state index in [4.69, 9.17) is 9.26 Å². The van der Waals surface area contributed by atoms with Crippen molar-refractivity contribution in [3.8, 4) is 0 Å². The normalized spacial score (nSPS) is 30.0. The van der Waals surface area contributed by atoms with Gasteiger partial charge in [0.05, 0.1) is 24.9 Å². The molecule has 1 aliphatic rings. The van der Waals surface area contributed by atoms with E-state index in [2.05, 4.69) is 9.88 Å². The molecule has 9 heteroatoms. The molecule has 0 aromatic carbocycles. The molecular weight excluding hydrogens is 300 g/mol. The van der Waals surface area contributed by atoms with Gasteiger partial charge in [-0.25, -0.2) is 13.1 Å².